The fourth-order valence-electron chi connectivity index (χ4n) is 9.51. The van der Waals surface area contributed by atoms with E-state index in [9.17, 15) is 19.8 Å². The van der Waals surface area contributed by atoms with Crippen LogP contribution >= 0.6 is 0 Å². The number of nitrogens with one attached hydrogen (secondary N) is 1. The lowest BCUT2D eigenvalue weighted by Gasteiger charge is -2.20. The number of amides is 1. The van der Waals surface area contributed by atoms with Crippen LogP contribution in [0, 0.1) is 0 Å². The van der Waals surface area contributed by atoms with E-state index in [0.717, 1.165) is 57.8 Å². The van der Waals surface area contributed by atoms with Crippen molar-refractivity contribution in [3.8, 4) is 0 Å². The first-order valence-electron chi connectivity index (χ1n) is 30.6. The standard InChI is InChI=1S/C62H119NO5/c1-3-5-7-9-11-13-15-17-19-20-21-22-24-27-30-34-38-42-46-50-54-60(65)59(58-64)63-61(66)55-51-47-43-39-35-31-28-25-23-26-29-33-37-41-45-49-53-57-68-62(67)56-52-48-44-40-36-32-18-16-14-12-10-8-6-4-2/h23,26,50,54,59-60,64-65H,3-22,24-25,27-49,51-53,55-58H2,1-2H3,(H,63,66)/b26-23-,54-50+. The summed E-state index contributed by atoms with van der Waals surface area (Å²) in [6, 6.07) is -0.637. The van der Waals surface area contributed by atoms with Crippen LogP contribution in [0.1, 0.15) is 335 Å². The summed E-state index contributed by atoms with van der Waals surface area (Å²) in [5, 5.41) is 23.2. The van der Waals surface area contributed by atoms with E-state index in [2.05, 4.69) is 31.3 Å². The van der Waals surface area contributed by atoms with Crippen LogP contribution in [0.3, 0.4) is 0 Å². The van der Waals surface area contributed by atoms with Gasteiger partial charge in [0.15, 0.2) is 0 Å². The second-order valence-electron chi connectivity index (χ2n) is 21.0. The van der Waals surface area contributed by atoms with Gasteiger partial charge in [-0.05, 0) is 57.8 Å². The summed E-state index contributed by atoms with van der Waals surface area (Å²) in [6.45, 7) is 4.91. The second kappa shape index (κ2) is 57.9. The minimum Gasteiger partial charge on any atom is -0.466 e. The number of carbonyl (C=O) groups is 2. The Hall–Kier alpha value is -1.66. The Bertz CT molecular complexity index is 1060. The van der Waals surface area contributed by atoms with Crippen LogP contribution in [0.2, 0.25) is 0 Å². The molecule has 68 heavy (non-hydrogen) atoms. The third kappa shape index (κ3) is 53.7. The third-order valence-electron chi connectivity index (χ3n) is 14.2. The van der Waals surface area contributed by atoms with Crippen molar-refractivity contribution in [2.75, 3.05) is 13.2 Å². The molecule has 0 rings (SSSR count). The largest absolute Gasteiger partial charge is 0.466 e. The summed E-state index contributed by atoms with van der Waals surface area (Å²) in [6.07, 6.45) is 70.6. The zero-order chi connectivity index (χ0) is 49.3. The van der Waals surface area contributed by atoms with E-state index >= 15 is 0 Å². The van der Waals surface area contributed by atoms with E-state index < -0.39 is 12.1 Å². The van der Waals surface area contributed by atoms with Gasteiger partial charge in [-0.1, -0.05) is 289 Å². The molecule has 1 amide bonds. The Morgan fingerprint density at radius 3 is 1.04 bits per heavy atom. The van der Waals surface area contributed by atoms with Crippen LogP contribution in [0.4, 0.5) is 0 Å². The van der Waals surface area contributed by atoms with Gasteiger partial charge in [0.2, 0.25) is 5.91 Å². The number of ether oxygens (including phenoxy) is 1. The lowest BCUT2D eigenvalue weighted by atomic mass is 10.0. The molecule has 0 radical (unpaired) electrons. The van der Waals surface area contributed by atoms with Gasteiger partial charge in [-0.3, -0.25) is 9.59 Å². The highest BCUT2D eigenvalue weighted by Crippen LogP contribution is 2.17. The fourth-order valence-corrected chi connectivity index (χ4v) is 9.51. The molecule has 6 nitrogen and oxygen atoms in total. The minimum atomic E-state index is -0.853. The van der Waals surface area contributed by atoms with Gasteiger partial charge in [0.05, 0.1) is 25.4 Å². The molecule has 402 valence electrons. The number of hydrogen-bond acceptors (Lipinski definition) is 5. The topological polar surface area (TPSA) is 95.9 Å². The number of carbonyl (C=O) groups excluding carboxylic acids is 2. The van der Waals surface area contributed by atoms with Gasteiger partial charge < -0.3 is 20.3 Å². The van der Waals surface area contributed by atoms with Crippen LogP contribution < -0.4 is 5.32 Å². The van der Waals surface area contributed by atoms with E-state index in [1.165, 1.54) is 250 Å². The first-order valence-corrected chi connectivity index (χ1v) is 30.6. The summed E-state index contributed by atoms with van der Waals surface area (Å²) < 4.78 is 5.47. The van der Waals surface area contributed by atoms with Gasteiger partial charge in [-0.15, -0.1) is 0 Å². The Morgan fingerprint density at radius 1 is 0.397 bits per heavy atom. The minimum absolute atomic E-state index is 0.0000194. The molecule has 0 aliphatic heterocycles. The van der Waals surface area contributed by atoms with Crippen molar-refractivity contribution in [2.24, 2.45) is 0 Å². The summed E-state index contributed by atoms with van der Waals surface area (Å²) in [7, 11) is 0. The molecule has 2 unspecified atom stereocenters. The van der Waals surface area contributed by atoms with Crippen molar-refractivity contribution in [3.05, 3.63) is 24.3 Å². The summed E-state index contributed by atoms with van der Waals surface area (Å²) in [5.41, 5.74) is 0. The summed E-state index contributed by atoms with van der Waals surface area (Å²) >= 11 is 0. The van der Waals surface area contributed by atoms with Gasteiger partial charge in [0.25, 0.3) is 0 Å². The molecule has 0 aromatic heterocycles. The predicted octanol–water partition coefficient (Wildman–Crippen LogP) is 19.0. The number of rotatable bonds is 57. The van der Waals surface area contributed by atoms with Crippen molar-refractivity contribution in [2.45, 2.75) is 347 Å². The maximum absolute atomic E-state index is 12.5. The first-order chi connectivity index (χ1) is 33.5. The van der Waals surface area contributed by atoms with Crippen LogP contribution in [-0.4, -0.2) is 47.4 Å². The SMILES string of the molecule is CCCCCCCCCCCCCCCCCCCC/C=C/C(O)C(CO)NC(=O)CCCCCCCCC/C=C\CCCCCCCCOC(=O)CCCCCCCCCCCCCCCC. The first kappa shape index (κ1) is 66.3. The van der Waals surface area contributed by atoms with E-state index in [1.807, 2.05) is 6.08 Å². The van der Waals surface area contributed by atoms with E-state index in [1.54, 1.807) is 6.08 Å². The molecule has 0 aliphatic rings. The number of aliphatic hydroxyl groups excluding tert-OH is 2. The molecule has 6 heteroatoms. The average Bonchev–Trinajstić information content (AvgIpc) is 3.34. The number of aliphatic hydroxyl groups is 2. The van der Waals surface area contributed by atoms with Gasteiger partial charge in [-0.25, -0.2) is 0 Å². The number of esters is 1. The average molecular weight is 959 g/mol. The van der Waals surface area contributed by atoms with Crippen molar-refractivity contribution in [3.63, 3.8) is 0 Å². The lowest BCUT2D eigenvalue weighted by Crippen LogP contribution is -2.45. The second-order valence-corrected chi connectivity index (χ2v) is 21.0. The zero-order valence-corrected chi connectivity index (χ0v) is 45.9. The molecule has 0 fully saturated rings. The maximum Gasteiger partial charge on any atom is 0.305 e. The number of allylic oxidation sites excluding steroid dienone is 3. The molecule has 3 N–H and O–H groups in total. The lowest BCUT2D eigenvalue weighted by molar-refractivity contribution is -0.143. The molecule has 0 aromatic rings. The molecule has 0 spiro atoms. The van der Waals surface area contributed by atoms with Crippen LogP contribution in [-0.2, 0) is 14.3 Å². The molecule has 0 heterocycles. The Morgan fingerprint density at radius 2 is 0.691 bits per heavy atom. The van der Waals surface area contributed by atoms with Crippen molar-refractivity contribution < 1.29 is 24.5 Å². The Balaban J connectivity index is 3.48. The molecule has 0 bridgehead atoms. The fraction of sp³-hybridized carbons (Fsp3) is 0.903. The van der Waals surface area contributed by atoms with Gasteiger partial charge in [0, 0.05) is 12.8 Å². The predicted molar refractivity (Wildman–Crippen MR) is 296 cm³/mol. The normalized spacial score (nSPS) is 12.7. The molecule has 0 aromatic carbocycles. The van der Waals surface area contributed by atoms with E-state index in [-0.39, 0.29) is 18.5 Å². The smallest absolute Gasteiger partial charge is 0.305 e. The van der Waals surface area contributed by atoms with Crippen molar-refractivity contribution in [1.82, 2.24) is 5.32 Å². The van der Waals surface area contributed by atoms with Gasteiger partial charge >= 0.3 is 5.97 Å². The highest BCUT2D eigenvalue weighted by atomic mass is 16.5. The van der Waals surface area contributed by atoms with Crippen LogP contribution in [0.5, 0.6) is 0 Å². The summed E-state index contributed by atoms with van der Waals surface area (Å²) in [4.78, 5) is 24.5. The molecule has 2 atom stereocenters. The van der Waals surface area contributed by atoms with Crippen molar-refractivity contribution in [1.29, 1.82) is 0 Å². The highest BCUT2D eigenvalue weighted by Gasteiger charge is 2.18. The summed E-state index contributed by atoms with van der Waals surface area (Å²) in [5.74, 6) is -0.0772. The quantitative estimate of drug-likeness (QED) is 0.0321. The van der Waals surface area contributed by atoms with Crippen molar-refractivity contribution >= 4 is 11.9 Å². The number of hydrogen-bond donors (Lipinski definition) is 3. The number of unbranched alkanes of at least 4 members (excludes halogenated alkanes) is 44. The maximum atomic E-state index is 12.5. The Labute approximate surface area is 424 Å². The van der Waals surface area contributed by atoms with Crippen LogP contribution in [0.15, 0.2) is 24.3 Å². The van der Waals surface area contributed by atoms with E-state index in [0.29, 0.717) is 19.4 Å². The molecular formula is C62H119NO5. The van der Waals surface area contributed by atoms with Crippen LogP contribution in [0.25, 0.3) is 0 Å². The molecule has 0 aliphatic carbocycles. The third-order valence-corrected chi connectivity index (χ3v) is 14.2. The van der Waals surface area contributed by atoms with Gasteiger partial charge in [-0.2, -0.15) is 0 Å². The zero-order valence-electron chi connectivity index (χ0n) is 45.9. The van der Waals surface area contributed by atoms with Gasteiger partial charge in [0.1, 0.15) is 0 Å². The molecule has 0 saturated heterocycles. The Kier molecular flexibility index (Phi) is 56.5. The monoisotopic (exact) mass is 958 g/mol. The highest BCUT2D eigenvalue weighted by molar-refractivity contribution is 5.76. The molecule has 0 saturated carbocycles. The molecular weight excluding hydrogens is 839 g/mol. The van der Waals surface area contributed by atoms with E-state index in [4.69, 9.17) is 4.74 Å².